The molecule has 25 heavy (non-hydrogen) atoms. The highest BCUT2D eigenvalue weighted by atomic mass is 32.2. The molecule has 0 amide bonds. The quantitative estimate of drug-likeness (QED) is 0.703. The lowest BCUT2D eigenvalue weighted by Gasteiger charge is -2.16. The van der Waals surface area contributed by atoms with Crippen LogP contribution in [0.3, 0.4) is 0 Å². The third kappa shape index (κ3) is 2.39. The highest BCUT2D eigenvalue weighted by Crippen LogP contribution is 2.46. The molecule has 2 aliphatic heterocycles. The fourth-order valence-electron chi connectivity index (χ4n) is 4.09. The Bertz CT molecular complexity index is 1010. The molecular weight excluding hydrogens is 354 g/mol. The number of furan rings is 1. The SMILES string of the molecule is O=S1(=O)c2ccc(-c3cccs3)cc2C2CN(Cc3ccoc3)CC21. The van der Waals surface area contributed by atoms with Crippen LogP contribution in [-0.4, -0.2) is 31.7 Å². The Balaban J connectivity index is 1.51. The van der Waals surface area contributed by atoms with E-state index in [1.165, 1.54) is 4.88 Å². The normalized spacial score (nSPS) is 24.3. The molecule has 2 unspecified atom stereocenters. The van der Waals surface area contributed by atoms with Crippen molar-refractivity contribution < 1.29 is 12.8 Å². The lowest BCUT2D eigenvalue weighted by molar-refractivity contribution is 0.324. The van der Waals surface area contributed by atoms with E-state index in [4.69, 9.17) is 4.42 Å². The van der Waals surface area contributed by atoms with Gasteiger partial charge in [0.05, 0.1) is 22.7 Å². The first-order chi connectivity index (χ1) is 12.1. The molecule has 2 aliphatic rings. The summed E-state index contributed by atoms with van der Waals surface area (Å²) >= 11 is 1.68. The summed E-state index contributed by atoms with van der Waals surface area (Å²) < 4.78 is 31.1. The van der Waals surface area contributed by atoms with E-state index in [0.29, 0.717) is 11.4 Å². The number of sulfone groups is 1. The Morgan fingerprint density at radius 3 is 2.88 bits per heavy atom. The van der Waals surface area contributed by atoms with Gasteiger partial charge in [0, 0.05) is 36.0 Å². The predicted octanol–water partition coefficient (Wildman–Crippen LogP) is 3.76. The molecule has 1 saturated heterocycles. The molecule has 5 rings (SSSR count). The molecule has 0 bridgehead atoms. The highest BCUT2D eigenvalue weighted by molar-refractivity contribution is 7.92. The number of hydrogen-bond acceptors (Lipinski definition) is 5. The first-order valence-corrected chi connectivity index (χ1v) is 10.7. The van der Waals surface area contributed by atoms with Crippen LogP contribution in [0.2, 0.25) is 0 Å². The molecule has 0 N–H and O–H groups in total. The molecule has 6 heteroatoms. The minimum absolute atomic E-state index is 0.0619. The summed E-state index contributed by atoms with van der Waals surface area (Å²) in [7, 11) is -3.24. The molecule has 1 fully saturated rings. The topological polar surface area (TPSA) is 50.5 Å². The Kier molecular flexibility index (Phi) is 3.42. The standard InChI is InChI=1S/C19H17NO3S2/c21-25(22)18-4-3-14(17-2-1-7-24-17)8-15(18)16-10-20(11-19(16)25)9-13-5-6-23-12-13/h1-8,12,16,19H,9-11H2. The fraction of sp³-hybridized carbons (Fsp3) is 0.263. The molecule has 4 heterocycles. The van der Waals surface area contributed by atoms with E-state index in [1.807, 2.05) is 23.6 Å². The lowest BCUT2D eigenvalue weighted by atomic mass is 9.96. The van der Waals surface area contributed by atoms with Crippen LogP contribution in [0.5, 0.6) is 0 Å². The molecule has 3 aromatic rings. The summed E-state index contributed by atoms with van der Waals surface area (Å²) in [4.78, 5) is 3.93. The van der Waals surface area contributed by atoms with Crippen LogP contribution in [0.25, 0.3) is 10.4 Å². The number of benzene rings is 1. The van der Waals surface area contributed by atoms with Gasteiger partial charge in [-0.3, -0.25) is 4.90 Å². The van der Waals surface area contributed by atoms with Gasteiger partial charge < -0.3 is 4.42 Å². The van der Waals surface area contributed by atoms with E-state index < -0.39 is 9.84 Å². The molecule has 2 aromatic heterocycles. The first-order valence-electron chi connectivity index (χ1n) is 8.28. The van der Waals surface area contributed by atoms with E-state index in [9.17, 15) is 8.42 Å². The average Bonchev–Trinajstić information content (AvgIpc) is 3.37. The summed E-state index contributed by atoms with van der Waals surface area (Å²) in [5.41, 5.74) is 3.19. The van der Waals surface area contributed by atoms with Crippen LogP contribution in [0, 0.1) is 0 Å². The van der Waals surface area contributed by atoms with Gasteiger partial charge in [-0.25, -0.2) is 8.42 Å². The Morgan fingerprint density at radius 1 is 1.20 bits per heavy atom. The van der Waals surface area contributed by atoms with Gasteiger partial charge in [0.2, 0.25) is 0 Å². The third-order valence-corrected chi connectivity index (χ3v) is 8.43. The van der Waals surface area contributed by atoms with Crippen molar-refractivity contribution in [3.05, 3.63) is 65.4 Å². The summed E-state index contributed by atoms with van der Waals surface area (Å²) in [6.45, 7) is 2.09. The zero-order chi connectivity index (χ0) is 17.0. The molecule has 0 spiro atoms. The maximum atomic E-state index is 13.0. The van der Waals surface area contributed by atoms with Gasteiger partial charge in [-0.1, -0.05) is 12.1 Å². The molecular formula is C19H17NO3S2. The number of thiophene rings is 1. The van der Waals surface area contributed by atoms with Crippen LogP contribution in [0.4, 0.5) is 0 Å². The fourth-order valence-corrected chi connectivity index (χ4v) is 7.01. The van der Waals surface area contributed by atoms with Crippen molar-refractivity contribution in [2.75, 3.05) is 13.1 Å². The van der Waals surface area contributed by atoms with Gasteiger partial charge in [-0.15, -0.1) is 11.3 Å². The highest BCUT2D eigenvalue weighted by Gasteiger charge is 2.50. The van der Waals surface area contributed by atoms with Crippen LogP contribution < -0.4 is 0 Å². The van der Waals surface area contributed by atoms with Gasteiger partial charge >= 0.3 is 0 Å². The third-order valence-electron chi connectivity index (χ3n) is 5.25. The van der Waals surface area contributed by atoms with E-state index >= 15 is 0 Å². The molecule has 128 valence electrons. The maximum absolute atomic E-state index is 13.0. The van der Waals surface area contributed by atoms with Crippen molar-refractivity contribution in [1.82, 2.24) is 4.90 Å². The number of nitrogens with zero attached hydrogens (tertiary/aromatic N) is 1. The van der Waals surface area contributed by atoms with E-state index in [-0.39, 0.29) is 11.2 Å². The minimum atomic E-state index is -3.24. The number of likely N-dealkylation sites (tertiary alicyclic amines) is 1. The zero-order valence-electron chi connectivity index (χ0n) is 13.5. The summed E-state index contributed by atoms with van der Waals surface area (Å²) in [5.74, 6) is 0.0619. The van der Waals surface area contributed by atoms with Crippen molar-refractivity contribution in [2.24, 2.45) is 0 Å². The van der Waals surface area contributed by atoms with E-state index in [0.717, 1.165) is 29.8 Å². The van der Waals surface area contributed by atoms with E-state index in [1.54, 1.807) is 29.9 Å². The van der Waals surface area contributed by atoms with Gasteiger partial charge in [0.1, 0.15) is 0 Å². The molecule has 0 radical (unpaired) electrons. The van der Waals surface area contributed by atoms with Crippen LogP contribution in [0.15, 0.2) is 63.6 Å². The monoisotopic (exact) mass is 371 g/mol. The smallest absolute Gasteiger partial charge is 0.183 e. The minimum Gasteiger partial charge on any atom is -0.472 e. The molecule has 0 aliphatic carbocycles. The second-order valence-electron chi connectivity index (χ2n) is 6.75. The van der Waals surface area contributed by atoms with E-state index in [2.05, 4.69) is 17.0 Å². The van der Waals surface area contributed by atoms with Crippen molar-refractivity contribution in [2.45, 2.75) is 22.6 Å². The molecule has 0 saturated carbocycles. The van der Waals surface area contributed by atoms with Gasteiger partial charge in [-0.2, -0.15) is 0 Å². The van der Waals surface area contributed by atoms with Gasteiger partial charge in [0.15, 0.2) is 9.84 Å². The average molecular weight is 371 g/mol. The molecule has 1 aromatic carbocycles. The summed E-state index contributed by atoms with van der Waals surface area (Å²) in [6, 6.07) is 11.9. The zero-order valence-corrected chi connectivity index (χ0v) is 15.1. The number of hydrogen-bond donors (Lipinski definition) is 0. The molecule has 2 atom stereocenters. The predicted molar refractivity (Wildman–Crippen MR) is 97.5 cm³/mol. The Hall–Kier alpha value is -1.89. The Labute approximate surface area is 150 Å². The summed E-state index contributed by atoms with van der Waals surface area (Å²) in [6.07, 6.45) is 3.39. The number of rotatable bonds is 3. The Morgan fingerprint density at radius 2 is 2.12 bits per heavy atom. The first kappa shape index (κ1) is 15.4. The number of fused-ring (bicyclic) bond motifs is 3. The van der Waals surface area contributed by atoms with Crippen LogP contribution in [-0.2, 0) is 16.4 Å². The van der Waals surface area contributed by atoms with Crippen LogP contribution >= 0.6 is 11.3 Å². The second-order valence-corrected chi connectivity index (χ2v) is 9.83. The summed E-state index contributed by atoms with van der Waals surface area (Å²) in [5, 5.41) is 1.72. The molecule has 4 nitrogen and oxygen atoms in total. The van der Waals surface area contributed by atoms with Crippen LogP contribution in [0.1, 0.15) is 17.0 Å². The van der Waals surface area contributed by atoms with Crippen molar-refractivity contribution in [1.29, 1.82) is 0 Å². The van der Waals surface area contributed by atoms with Crippen molar-refractivity contribution >= 4 is 21.2 Å². The second kappa shape index (κ2) is 5.56. The maximum Gasteiger partial charge on any atom is 0.183 e. The van der Waals surface area contributed by atoms with Crippen molar-refractivity contribution in [3.63, 3.8) is 0 Å². The largest absolute Gasteiger partial charge is 0.472 e. The van der Waals surface area contributed by atoms with Gasteiger partial charge in [0.25, 0.3) is 0 Å². The lowest BCUT2D eigenvalue weighted by Crippen LogP contribution is -2.25. The van der Waals surface area contributed by atoms with Gasteiger partial charge in [-0.05, 0) is 40.8 Å². The van der Waals surface area contributed by atoms with Crippen molar-refractivity contribution in [3.8, 4) is 10.4 Å².